The van der Waals surface area contributed by atoms with Crippen LogP contribution in [0.25, 0.3) is 0 Å². The summed E-state index contributed by atoms with van der Waals surface area (Å²) in [6, 6.07) is 3.45. The highest BCUT2D eigenvalue weighted by atomic mass is 79.9. The summed E-state index contributed by atoms with van der Waals surface area (Å²) in [6.45, 7) is 0.196. The van der Waals surface area contributed by atoms with Crippen molar-refractivity contribution >= 4 is 15.9 Å². The van der Waals surface area contributed by atoms with Crippen molar-refractivity contribution in [3.63, 3.8) is 0 Å². The van der Waals surface area contributed by atoms with E-state index in [1.165, 1.54) is 14.2 Å². The maximum absolute atomic E-state index is 12.0. The summed E-state index contributed by atoms with van der Waals surface area (Å²) in [5, 5.41) is 2.74. The fourth-order valence-corrected chi connectivity index (χ4v) is 1.95. The van der Waals surface area contributed by atoms with E-state index in [1.54, 1.807) is 12.1 Å². The molecule has 0 aliphatic carbocycles. The van der Waals surface area contributed by atoms with Gasteiger partial charge < -0.3 is 14.8 Å². The van der Waals surface area contributed by atoms with Gasteiger partial charge in [-0.1, -0.05) is 15.9 Å². The van der Waals surface area contributed by atoms with Crippen LogP contribution in [0, 0.1) is 0 Å². The number of alkyl halides is 3. The normalized spacial score (nSPS) is 11.5. The molecule has 0 radical (unpaired) electrons. The Morgan fingerprint density at radius 2 is 1.74 bits per heavy atom. The number of rotatable bonds is 6. The SMILES string of the molecule is COc1cc(Br)c(CNCCC(F)(F)F)cc1OC. The second-order valence-corrected chi connectivity index (χ2v) is 4.69. The molecule has 1 aromatic rings. The molecule has 0 amide bonds. The molecule has 0 saturated carbocycles. The minimum Gasteiger partial charge on any atom is -0.493 e. The van der Waals surface area contributed by atoms with E-state index >= 15 is 0 Å². The highest BCUT2D eigenvalue weighted by Crippen LogP contribution is 2.33. The molecule has 0 aliphatic rings. The lowest BCUT2D eigenvalue weighted by Gasteiger charge is -2.13. The molecule has 0 atom stereocenters. The number of hydrogen-bond acceptors (Lipinski definition) is 3. The Kier molecular flexibility index (Phi) is 5.93. The van der Waals surface area contributed by atoms with E-state index in [0.29, 0.717) is 18.0 Å². The highest BCUT2D eigenvalue weighted by Gasteiger charge is 2.25. The number of hydrogen-bond donors (Lipinski definition) is 1. The van der Waals surface area contributed by atoms with Gasteiger partial charge in [0, 0.05) is 17.6 Å². The van der Waals surface area contributed by atoms with Gasteiger partial charge in [-0.3, -0.25) is 0 Å². The zero-order valence-corrected chi connectivity index (χ0v) is 12.2. The Balaban J connectivity index is 2.63. The van der Waals surface area contributed by atoms with E-state index in [4.69, 9.17) is 9.47 Å². The summed E-state index contributed by atoms with van der Waals surface area (Å²) in [4.78, 5) is 0. The molecule has 0 saturated heterocycles. The van der Waals surface area contributed by atoms with E-state index in [2.05, 4.69) is 21.2 Å². The largest absolute Gasteiger partial charge is 0.493 e. The molecule has 3 nitrogen and oxygen atoms in total. The van der Waals surface area contributed by atoms with Crippen LogP contribution in [0.5, 0.6) is 11.5 Å². The average molecular weight is 342 g/mol. The monoisotopic (exact) mass is 341 g/mol. The lowest BCUT2D eigenvalue weighted by Crippen LogP contribution is -2.21. The Labute approximate surface area is 118 Å². The summed E-state index contributed by atoms with van der Waals surface area (Å²) in [6.07, 6.45) is -4.99. The maximum atomic E-state index is 12.0. The van der Waals surface area contributed by atoms with Crippen LogP contribution in [0.3, 0.4) is 0 Å². The summed E-state index contributed by atoms with van der Waals surface area (Å²) in [7, 11) is 3.03. The van der Waals surface area contributed by atoms with Gasteiger partial charge in [-0.25, -0.2) is 0 Å². The van der Waals surface area contributed by atoms with Gasteiger partial charge in [-0.05, 0) is 17.7 Å². The van der Waals surface area contributed by atoms with Gasteiger partial charge in [0.15, 0.2) is 11.5 Å². The lowest BCUT2D eigenvalue weighted by molar-refractivity contribution is -0.133. The van der Waals surface area contributed by atoms with Crippen molar-refractivity contribution in [1.29, 1.82) is 0 Å². The van der Waals surface area contributed by atoms with E-state index in [1.807, 2.05) is 0 Å². The van der Waals surface area contributed by atoms with Crippen molar-refractivity contribution < 1.29 is 22.6 Å². The smallest absolute Gasteiger partial charge is 0.390 e. The topological polar surface area (TPSA) is 30.5 Å². The Hall–Kier alpha value is -0.950. The van der Waals surface area contributed by atoms with Gasteiger partial charge in [-0.15, -0.1) is 0 Å². The molecule has 0 unspecified atom stereocenters. The van der Waals surface area contributed by atoms with Crippen LogP contribution in [0.4, 0.5) is 13.2 Å². The molecule has 1 N–H and O–H groups in total. The first-order valence-corrected chi connectivity index (χ1v) is 6.34. The third-order valence-corrected chi connectivity index (χ3v) is 3.19. The first kappa shape index (κ1) is 16.1. The van der Waals surface area contributed by atoms with Crippen molar-refractivity contribution in [2.75, 3.05) is 20.8 Å². The number of ether oxygens (including phenoxy) is 2. The van der Waals surface area contributed by atoms with Crippen LogP contribution < -0.4 is 14.8 Å². The summed E-state index contributed by atoms with van der Waals surface area (Å²) < 4.78 is 47.0. The van der Waals surface area contributed by atoms with Gasteiger partial charge in [0.1, 0.15) is 0 Å². The molecule has 0 fully saturated rings. The minimum atomic E-state index is -4.14. The molecule has 0 aromatic heterocycles. The molecule has 0 bridgehead atoms. The molecule has 7 heteroatoms. The highest BCUT2D eigenvalue weighted by molar-refractivity contribution is 9.10. The van der Waals surface area contributed by atoms with Crippen LogP contribution in [-0.2, 0) is 6.54 Å². The minimum absolute atomic E-state index is 0.121. The van der Waals surface area contributed by atoms with Crippen LogP contribution in [0.1, 0.15) is 12.0 Å². The quantitative estimate of drug-likeness (QED) is 0.803. The van der Waals surface area contributed by atoms with E-state index in [-0.39, 0.29) is 6.54 Å². The van der Waals surface area contributed by atoms with Gasteiger partial charge in [0.25, 0.3) is 0 Å². The van der Waals surface area contributed by atoms with Gasteiger partial charge in [-0.2, -0.15) is 13.2 Å². The average Bonchev–Trinajstić information content (AvgIpc) is 2.34. The molecule has 1 rings (SSSR count). The standard InChI is InChI=1S/C12H15BrF3NO2/c1-18-10-5-8(9(13)6-11(10)19-2)7-17-4-3-12(14,15)16/h5-6,17H,3-4,7H2,1-2H3. The third-order valence-electron chi connectivity index (χ3n) is 2.45. The molecule has 108 valence electrons. The zero-order chi connectivity index (χ0) is 14.5. The number of nitrogens with one attached hydrogen (secondary N) is 1. The summed E-state index contributed by atoms with van der Waals surface area (Å²) in [5.41, 5.74) is 0.805. The van der Waals surface area contributed by atoms with Gasteiger partial charge in [0.05, 0.1) is 20.6 Å². The zero-order valence-electron chi connectivity index (χ0n) is 10.6. The predicted molar refractivity (Wildman–Crippen MR) is 69.6 cm³/mol. The van der Waals surface area contributed by atoms with E-state index in [9.17, 15) is 13.2 Å². The Bertz CT molecular complexity index is 424. The van der Waals surface area contributed by atoms with Crippen LogP contribution in [-0.4, -0.2) is 26.9 Å². The Morgan fingerprint density at radius 1 is 1.16 bits per heavy atom. The molecule has 0 aliphatic heterocycles. The van der Waals surface area contributed by atoms with Crippen LogP contribution >= 0.6 is 15.9 Å². The number of halogens is 4. The molecular weight excluding hydrogens is 327 g/mol. The van der Waals surface area contributed by atoms with Crippen molar-refractivity contribution in [2.45, 2.75) is 19.1 Å². The maximum Gasteiger partial charge on any atom is 0.390 e. The van der Waals surface area contributed by atoms with Gasteiger partial charge in [0.2, 0.25) is 0 Å². The summed E-state index contributed by atoms with van der Waals surface area (Å²) >= 11 is 3.35. The van der Waals surface area contributed by atoms with Crippen molar-refractivity contribution in [1.82, 2.24) is 5.32 Å². The second kappa shape index (κ2) is 7.00. The van der Waals surface area contributed by atoms with E-state index < -0.39 is 12.6 Å². The molecular formula is C12H15BrF3NO2. The predicted octanol–water partition coefficient (Wildman–Crippen LogP) is 3.51. The first-order chi connectivity index (χ1) is 8.87. The second-order valence-electron chi connectivity index (χ2n) is 3.84. The molecule has 19 heavy (non-hydrogen) atoms. The molecule has 1 aromatic carbocycles. The first-order valence-electron chi connectivity index (χ1n) is 5.55. The van der Waals surface area contributed by atoms with E-state index in [0.717, 1.165) is 10.0 Å². The van der Waals surface area contributed by atoms with Crippen molar-refractivity contribution in [3.8, 4) is 11.5 Å². The number of benzene rings is 1. The fourth-order valence-electron chi connectivity index (χ4n) is 1.48. The van der Waals surface area contributed by atoms with Crippen molar-refractivity contribution in [3.05, 3.63) is 22.2 Å². The fraction of sp³-hybridized carbons (Fsp3) is 0.500. The molecule has 0 spiro atoms. The summed E-state index contributed by atoms with van der Waals surface area (Å²) in [5.74, 6) is 1.10. The number of methoxy groups -OCH3 is 2. The van der Waals surface area contributed by atoms with Gasteiger partial charge >= 0.3 is 6.18 Å². The van der Waals surface area contributed by atoms with Crippen LogP contribution in [0.2, 0.25) is 0 Å². The lowest BCUT2D eigenvalue weighted by atomic mass is 10.2. The Morgan fingerprint density at radius 3 is 2.26 bits per heavy atom. The van der Waals surface area contributed by atoms with Crippen LogP contribution in [0.15, 0.2) is 16.6 Å². The van der Waals surface area contributed by atoms with Crippen molar-refractivity contribution in [2.24, 2.45) is 0 Å². The molecule has 0 heterocycles. The third kappa shape index (κ3) is 5.28.